The number of hydrogen-bond acceptors (Lipinski definition) is 3. The van der Waals surface area contributed by atoms with E-state index >= 15 is 0 Å². The monoisotopic (exact) mass is 258 g/mol. The zero-order valence-electron chi connectivity index (χ0n) is 12.1. The van der Waals surface area contributed by atoms with Crippen molar-refractivity contribution in [1.29, 1.82) is 0 Å². The van der Waals surface area contributed by atoms with Gasteiger partial charge < -0.3 is 5.32 Å². The number of aromatic nitrogens is 3. The Morgan fingerprint density at radius 1 is 1.37 bits per heavy atom. The van der Waals surface area contributed by atoms with Gasteiger partial charge in [0, 0.05) is 37.1 Å². The molecule has 102 valence electrons. The molecule has 0 aromatic carbocycles. The summed E-state index contributed by atoms with van der Waals surface area (Å²) in [7, 11) is 4.00. The molecule has 0 aliphatic heterocycles. The van der Waals surface area contributed by atoms with E-state index in [1.165, 1.54) is 11.3 Å². The lowest BCUT2D eigenvalue weighted by molar-refractivity contribution is 0.559. The molecule has 0 aliphatic carbocycles. The third kappa shape index (κ3) is 3.20. The average Bonchev–Trinajstić information content (AvgIpc) is 2.78. The van der Waals surface area contributed by atoms with Crippen molar-refractivity contribution in [2.24, 2.45) is 7.05 Å². The Kier molecular flexibility index (Phi) is 4.32. The van der Waals surface area contributed by atoms with E-state index in [1.54, 1.807) is 0 Å². The molecule has 0 radical (unpaired) electrons. The fraction of sp³-hybridized carbons (Fsp3) is 0.467. The molecule has 0 fully saturated rings. The van der Waals surface area contributed by atoms with E-state index in [4.69, 9.17) is 0 Å². The van der Waals surface area contributed by atoms with Crippen molar-refractivity contribution >= 4 is 0 Å². The van der Waals surface area contributed by atoms with Gasteiger partial charge in [-0.1, -0.05) is 13.0 Å². The molecule has 2 aromatic heterocycles. The predicted octanol–water partition coefficient (Wildman–Crippen LogP) is 2.19. The van der Waals surface area contributed by atoms with Gasteiger partial charge in [0.1, 0.15) is 0 Å². The number of pyridine rings is 1. The lowest BCUT2D eigenvalue weighted by Gasteiger charge is -2.16. The first-order chi connectivity index (χ1) is 9.13. The Bertz CT molecular complexity index is 528. The van der Waals surface area contributed by atoms with E-state index in [2.05, 4.69) is 40.5 Å². The minimum Gasteiger partial charge on any atom is -0.313 e. The fourth-order valence-corrected chi connectivity index (χ4v) is 2.22. The summed E-state index contributed by atoms with van der Waals surface area (Å²) in [4.78, 5) is 4.37. The van der Waals surface area contributed by atoms with Crippen LogP contribution in [0.25, 0.3) is 0 Å². The maximum Gasteiger partial charge on any atom is 0.0624 e. The normalized spacial score (nSPS) is 12.6. The Labute approximate surface area is 114 Å². The summed E-state index contributed by atoms with van der Waals surface area (Å²) in [6.45, 7) is 4.14. The molecular formula is C15H22N4. The first-order valence-electron chi connectivity index (χ1n) is 6.75. The Balaban J connectivity index is 2.18. The lowest BCUT2D eigenvalue weighted by atomic mass is 10.0. The molecule has 0 spiro atoms. The van der Waals surface area contributed by atoms with Gasteiger partial charge in [0.2, 0.25) is 0 Å². The zero-order chi connectivity index (χ0) is 13.8. The van der Waals surface area contributed by atoms with Crippen molar-refractivity contribution in [2.75, 3.05) is 7.05 Å². The molecule has 4 nitrogen and oxygen atoms in total. The van der Waals surface area contributed by atoms with Crippen LogP contribution in [-0.2, 0) is 19.9 Å². The summed E-state index contributed by atoms with van der Waals surface area (Å²) < 4.78 is 1.98. The van der Waals surface area contributed by atoms with Crippen LogP contribution >= 0.6 is 0 Å². The van der Waals surface area contributed by atoms with Gasteiger partial charge in [-0.05, 0) is 38.1 Å². The Morgan fingerprint density at radius 2 is 2.16 bits per heavy atom. The average molecular weight is 258 g/mol. The molecule has 0 saturated carbocycles. The summed E-state index contributed by atoms with van der Waals surface area (Å²) >= 11 is 0. The molecule has 19 heavy (non-hydrogen) atoms. The third-order valence-electron chi connectivity index (χ3n) is 3.49. The molecule has 0 bridgehead atoms. The number of rotatable bonds is 5. The number of hydrogen-bond donors (Lipinski definition) is 1. The van der Waals surface area contributed by atoms with Crippen LogP contribution in [0.3, 0.4) is 0 Å². The highest BCUT2D eigenvalue weighted by Crippen LogP contribution is 2.18. The maximum atomic E-state index is 4.50. The predicted molar refractivity (Wildman–Crippen MR) is 77.1 cm³/mol. The van der Waals surface area contributed by atoms with Crippen LogP contribution in [0, 0.1) is 6.92 Å². The molecule has 0 amide bonds. The lowest BCUT2D eigenvalue weighted by Crippen LogP contribution is -2.20. The summed E-state index contributed by atoms with van der Waals surface area (Å²) in [5.74, 6) is 0. The SMILES string of the molecule is CCc1cc(CC(NC)c2ccc(C)nc2)n(C)n1. The van der Waals surface area contributed by atoms with Crippen molar-refractivity contribution in [3.05, 3.63) is 47.0 Å². The summed E-state index contributed by atoms with van der Waals surface area (Å²) in [5, 5.41) is 7.86. The highest BCUT2D eigenvalue weighted by molar-refractivity contribution is 5.20. The van der Waals surface area contributed by atoms with Gasteiger partial charge in [-0.25, -0.2) is 0 Å². The smallest absolute Gasteiger partial charge is 0.0624 e. The molecule has 2 rings (SSSR count). The van der Waals surface area contributed by atoms with E-state index in [1.807, 2.05) is 31.9 Å². The van der Waals surface area contributed by atoms with Gasteiger partial charge in [-0.3, -0.25) is 9.67 Å². The van der Waals surface area contributed by atoms with Crippen LogP contribution in [0.5, 0.6) is 0 Å². The van der Waals surface area contributed by atoms with E-state index in [0.29, 0.717) is 0 Å². The maximum absolute atomic E-state index is 4.50. The second kappa shape index (κ2) is 5.97. The highest BCUT2D eigenvalue weighted by atomic mass is 15.3. The Morgan fingerprint density at radius 3 is 2.68 bits per heavy atom. The number of nitrogens with zero attached hydrogens (tertiary/aromatic N) is 3. The van der Waals surface area contributed by atoms with Gasteiger partial charge in [0.05, 0.1) is 5.69 Å². The van der Waals surface area contributed by atoms with Crippen LogP contribution in [0.1, 0.15) is 35.6 Å². The van der Waals surface area contributed by atoms with Crippen LogP contribution < -0.4 is 5.32 Å². The topological polar surface area (TPSA) is 42.7 Å². The highest BCUT2D eigenvalue weighted by Gasteiger charge is 2.13. The molecule has 2 aromatic rings. The molecule has 4 heteroatoms. The Hall–Kier alpha value is -1.68. The van der Waals surface area contributed by atoms with Crippen molar-refractivity contribution in [3.8, 4) is 0 Å². The molecule has 1 unspecified atom stereocenters. The molecule has 1 atom stereocenters. The second-order valence-corrected chi connectivity index (χ2v) is 4.88. The quantitative estimate of drug-likeness (QED) is 0.894. The molecule has 1 N–H and O–H groups in total. The van der Waals surface area contributed by atoms with E-state index in [-0.39, 0.29) is 6.04 Å². The van der Waals surface area contributed by atoms with E-state index in [9.17, 15) is 0 Å². The largest absolute Gasteiger partial charge is 0.313 e. The number of aryl methyl sites for hydroxylation is 3. The third-order valence-corrected chi connectivity index (χ3v) is 3.49. The molecule has 0 saturated heterocycles. The van der Waals surface area contributed by atoms with Crippen LogP contribution in [-0.4, -0.2) is 21.8 Å². The first-order valence-corrected chi connectivity index (χ1v) is 6.75. The number of nitrogens with one attached hydrogen (secondary N) is 1. The summed E-state index contributed by atoms with van der Waals surface area (Å²) in [6.07, 6.45) is 3.85. The van der Waals surface area contributed by atoms with Gasteiger partial charge >= 0.3 is 0 Å². The van der Waals surface area contributed by atoms with E-state index < -0.39 is 0 Å². The summed E-state index contributed by atoms with van der Waals surface area (Å²) in [5.41, 5.74) is 4.66. The standard InChI is InChI=1S/C15H22N4/c1-5-13-8-14(19(4)18-13)9-15(16-3)12-7-6-11(2)17-10-12/h6-8,10,15-16H,5,9H2,1-4H3. The minimum atomic E-state index is 0.271. The van der Waals surface area contributed by atoms with Gasteiger partial charge in [-0.15, -0.1) is 0 Å². The first kappa shape index (κ1) is 13.7. The minimum absolute atomic E-state index is 0.271. The van der Waals surface area contributed by atoms with Crippen molar-refractivity contribution in [1.82, 2.24) is 20.1 Å². The van der Waals surface area contributed by atoms with Crippen molar-refractivity contribution < 1.29 is 0 Å². The van der Waals surface area contributed by atoms with Gasteiger partial charge in [-0.2, -0.15) is 5.10 Å². The zero-order valence-corrected chi connectivity index (χ0v) is 12.1. The van der Waals surface area contributed by atoms with Crippen molar-refractivity contribution in [3.63, 3.8) is 0 Å². The van der Waals surface area contributed by atoms with Gasteiger partial charge in [0.25, 0.3) is 0 Å². The van der Waals surface area contributed by atoms with Crippen LogP contribution in [0.4, 0.5) is 0 Å². The van der Waals surface area contributed by atoms with Gasteiger partial charge in [0.15, 0.2) is 0 Å². The molecular weight excluding hydrogens is 236 g/mol. The summed E-state index contributed by atoms with van der Waals surface area (Å²) in [6, 6.07) is 6.65. The van der Waals surface area contributed by atoms with Crippen LogP contribution in [0.2, 0.25) is 0 Å². The van der Waals surface area contributed by atoms with Crippen LogP contribution in [0.15, 0.2) is 24.4 Å². The second-order valence-electron chi connectivity index (χ2n) is 4.88. The molecule has 0 aliphatic rings. The molecule has 2 heterocycles. The van der Waals surface area contributed by atoms with E-state index in [0.717, 1.165) is 24.2 Å². The van der Waals surface area contributed by atoms with Crippen molar-refractivity contribution in [2.45, 2.75) is 32.7 Å². The fourth-order valence-electron chi connectivity index (χ4n) is 2.22. The number of likely N-dealkylation sites (N-methyl/N-ethyl adjacent to an activating group) is 1.